The van der Waals surface area contributed by atoms with E-state index in [9.17, 15) is 4.79 Å². The van der Waals surface area contributed by atoms with E-state index < -0.39 is 11.9 Å². The Labute approximate surface area is 226 Å². The van der Waals surface area contributed by atoms with Gasteiger partial charge in [0.15, 0.2) is 11.5 Å². The van der Waals surface area contributed by atoms with Gasteiger partial charge in [0.25, 0.3) is 0 Å². The van der Waals surface area contributed by atoms with Crippen molar-refractivity contribution >= 4 is 29.4 Å². The van der Waals surface area contributed by atoms with Crippen molar-refractivity contribution in [3.63, 3.8) is 0 Å². The predicted octanol–water partition coefficient (Wildman–Crippen LogP) is 2.78. The molecule has 38 heavy (non-hydrogen) atoms. The van der Waals surface area contributed by atoms with E-state index in [4.69, 9.17) is 40.9 Å². The summed E-state index contributed by atoms with van der Waals surface area (Å²) in [6, 6.07) is 14.2. The molecule has 3 aliphatic heterocycles. The molecule has 0 unspecified atom stereocenters. The Hall–Kier alpha value is -3.34. The summed E-state index contributed by atoms with van der Waals surface area (Å²) in [6.07, 6.45) is 1.88. The minimum atomic E-state index is -1.82. The number of piperazine rings is 1. The number of likely N-dealkylation sites (tertiary alicyclic amines) is 1. The highest BCUT2D eigenvalue weighted by Crippen LogP contribution is 2.33. The van der Waals surface area contributed by atoms with E-state index in [-0.39, 0.29) is 5.92 Å². The van der Waals surface area contributed by atoms with Crippen molar-refractivity contribution in [3.05, 3.63) is 58.6 Å². The minimum Gasteiger partial charge on any atom is -0.473 e. The van der Waals surface area contributed by atoms with E-state index >= 15 is 0 Å². The van der Waals surface area contributed by atoms with Crippen molar-refractivity contribution in [1.82, 2.24) is 14.7 Å². The fraction of sp³-hybridized carbons (Fsp3) is 0.444. The highest BCUT2D eigenvalue weighted by molar-refractivity contribution is 6.30. The predicted molar refractivity (Wildman–Crippen MR) is 139 cm³/mol. The normalized spacial score (nSPS) is 18.0. The zero-order valence-electron chi connectivity index (χ0n) is 21.1. The number of aliphatic carboxylic acids is 2. The molecule has 1 amide bonds. The Kier molecular flexibility index (Phi) is 9.43. The number of nitrogens with zero attached hydrogens (tertiary/aromatic N) is 3. The van der Waals surface area contributed by atoms with Crippen molar-refractivity contribution in [3.8, 4) is 11.5 Å². The lowest BCUT2D eigenvalue weighted by molar-refractivity contribution is -0.159. The van der Waals surface area contributed by atoms with Crippen LogP contribution in [0, 0.1) is 5.92 Å². The van der Waals surface area contributed by atoms with Crippen LogP contribution in [0.3, 0.4) is 0 Å². The summed E-state index contributed by atoms with van der Waals surface area (Å²) in [7, 11) is 0. The molecule has 2 fully saturated rings. The van der Waals surface area contributed by atoms with Crippen molar-refractivity contribution < 1.29 is 34.1 Å². The van der Waals surface area contributed by atoms with Crippen molar-refractivity contribution in [2.75, 3.05) is 46.1 Å². The SMILES string of the molecule is O=C(C1CCN(Cc2cccc(Cl)c2)CC1)N1CCN(Cc2ccc3c(c2)OCO3)CC1.O=C(O)C(=O)O. The molecule has 11 heteroatoms. The first-order valence-electron chi connectivity index (χ1n) is 12.6. The van der Waals surface area contributed by atoms with E-state index in [0.717, 1.165) is 81.7 Å². The summed E-state index contributed by atoms with van der Waals surface area (Å²) in [6.45, 7) is 7.46. The second-order valence-electron chi connectivity index (χ2n) is 9.58. The van der Waals surface area contributed by atoms with Crippen LogP contribution in [0.15, 0.2) is 42.5 Å². The number of carbonyl (C=O) groups is 3. The third kappa shape index (κ3) is 7.59. The monoisotopic (exact) mass is 545 g/mol. The van der Waals surface area contributed by atoms with Crippen LogP contribution in [0.4, 0.5) is 0 Å². The van der Waals surface area contributed by atoms with Crippen molar-refractivity contribution in [1.29, 1.82) is 0 Å². The number of ether oxygens (including phenoxy) is 2. The number of halogens is 1. The van der Waals surface area contributed by atoms with Crippen LogP contribution in [0.1, 0.15) is 24.0 Å². The summed E-state index contributed by atoms with van der Waals surface area (Å²) in [5.74, 6) is -1.49. The van der Waals surface area contributed by atoms with Crippen LogP contribution in [0.25, 0.3) is 0 Å². The highest BCUT2D eigenvalue weighted by Gasteiger charge is 2.30. The van der Waals surface area contributed by atoms with Gasteiger partial charge in [0.2, 0.25) is 12.7 Å². The minimum absolute atomic E-state index is 0.158. The quantitative estimate of drug-likeness (QED) is 0.546. The average molecular weight is 546 g/mol. The standard InChI is InChI=1S/C25H30ClN3O3.C2H2O4/c26-22-3-1-2-19(14-22)16-27-8-6-21(7-9-27)25(30)29-12-10-28(11-13-29)17-20-4-5-23-24(15-20)32-18-31-23;3-1(4)2(5)6/h1-5,14-15,21H,6-13,16-18H2;(H,3,4)(H,5,6). The summed E-state index contributed by atoms with van der Waals surface area (Å²) >= 11 is 6.11. The molecule has 2 saturated heterocycles. The molecule has 0 aliphatic carbocycles. The lowest BCUT2D eigenvalue weighted by atomic mass is 9.94. The Bertz CT molecular complexity index is 1130. The number of amides is 1. The van der Waals surface area contributed by atoms with Gasteiger partial charge in [0.05, 0.1) is 0 Å². The van der Waals surface area contributed by atoms with Crippen LogP contribution >= 0.6 is 11.6 Å². The molecule has 0 spiro atoms. The van der Waals surface area contributed by atoms with Crippen LogP contribution in [0.5, 0.6) is 11.5 Å². The highest BCUT2D eigenvalue weighted by atomic mass is 35.5. The van der Waals surface area contributed by atoms with Gasteiger partial charge in [-0.15, -0.1) is 0 Å². The molecule has 0 radical (unpaired) electrons. The number of piperidine rings is 1. The largest absolute Gasteiger partial charge is 0.473 e. The maximum atomic E-state index is 13.1. The van der Waals surface area contributed by atoms with E-state index in [0.29, 0.717) is 12.7 Å². The van der Waals surface area contributed by atoms with Gasteiger partial charge in [0, 0.05) is 50.2 Å². The number of rotatable bonds is 5. The van der Waals surface area contributed by atoms with Gasteiger partial charge in [-0.25, -0.2) is 9.59 Å². The Morgan fingerprint density at radius 3 is 2.03 bits per heavy atom. The maximum Gasteiger partial charge on any atom is 0.414 e. The Morgan fingerprint density at radius 2 is 1.39 bits per heavy atom. The van der Waals surface area contributed by atoms with Crippen molar-refractivity contribution in [2.45, 2.75) is 25.9 Å². The van der Waals surface area contributed by atoms with Gasteiger partial charge in [-0.2, -0.15) is 0 Å². The molecule has 5 rings (SSSR count). The molecule has 0 saturated carbocycles. The van der Waals surface area contributed by atoms with Crippen molar-refractivity contribution in [2.24, 2.45) is 5.92 Å². The second kappa shape index (κ2) is 12.9. The van der Waals surface area contributed by atoms with Gasteiger partial charge in [-0.1, -0.05) is 29.8 Å². The summed E-state index contributed by atoms with van der Waals surface area (Å²) in [4.78, 5) is 38.2. The molecule has 0 aromatic heterocycles. The van der Waals surface area contributed by atoms with E-state index in [1.165, 1.54) is 11.1 Å². The summed E-state index contributed by atoms with van der Waals surface area (Å²) in [5.41, 5.74) is 2.46. The van der Waals surface area contributed by atoms with Gasteiger partial charge in [-0.05, 0) is 61.3 Å². The van der Waals surface area contributed by atoms with E-state index in [2.05, 4.69) is 32.9 Å². The lowest BCUT2D eigenvalue weighted by Gasteiger charge is -2.38. The van der Waals surface area contributed by atoms with E-state index in [1.54, 1.807) is 0 Å². The molecule has 0 atom stereocenters. The lowest BCUT2D eigenvalue weighted by Crippen LogP contribution is -2.51. The summed E-state index contributed by atoms with van der Waals surface area (Å²) < 4.78 is 10.9. The smallest absolute Gasteiger partial charge is 0.414 e. The van der Waals surface area contributed by atoms with E-state index in [1.807, 2.05) is 24.3 Å². The number of fused-ring (bicyclic) bond motifs is 1. The number of benzene rings is 2. The summed E-state index contributed by atoms with van der Waals surface area (Å²) in [5, 5.41) is 15.6. The van der Waals surface area contributed by atoms with Crippen LogP contribution < -0.4 is 9.47 Å². The molecule has 2 aromatic rings. The molecule has 2 aromatic carbocycles. The van der Waals surface area contributed by atoms with Gasteiger partial charge in [-0.3, -0.25) is 14.6 Å². The van der Waals surface area contributed by atoms with Crippen LogP contribution in [0.2, 0.25) is 5.02 Å². The fourth-order valence-electron chi connectivity index (χ4n) is 4.91. The first-order chi connectivity index (χ1) is 18.3. The number of carboxylic acid groups (broad SMARTS) is 2. The number of hydrogen-bond acceptors (Lipinski definition) is 7. The Morgan fingerprint density at radius 1 is 0.789 bits per heavy atom. The zero-order chi connectivity index (χ0) is 27.1. The molecule has 3 heterocycles. The first kappa shape index (κ1) is 27.7. The third-order valence-corrected chi connectivity index (χ3v) is 7.18. The Balaban J connectivity index is 0.000000505. The third-order valence-electron chi connectivity index (χ3n) is 6.94. The van der Waals surface area contributed by atoms with Gasteiger partial charge < -0.3 is 24.6 Å². The van der Waals surface area contributed by atoms with Gasteiger partial charge in [0.1, 0.15) is 0 Å². The number of hydrogen-bond donors (Lipinski definition) is 2. The first-order valence-corrected chi connectivity index (χ1v) is 13.0. The van der Waals surface area contributed by atoms with Crippen LogP contribution in [-0.4, -0.2) is 88.8 Å². The average Bonchev–Trinajstić information content (AvgIpc) is 3.38. The molecule has 0 bridgehead atoms. The molecule has 10 nitrogen and oxygen atoms in total. The molecule has 204 valence electrons. The molecule has 3 aliphatic rings. The molecule has 2 N–H and O–H groups in total. The number of carbonyl (C=O) groups excluding carboxylic acids is 1. The zero-order valence-corrected chi connectivity index (χ0v) is 21.8. The fourth-order valence-corrected chi connectivity index (χ4v) is 5.13. The topological polar surface area (TPSA) is 120 Å². The number of carboxylic acids is 2. The van der Waals surface area contributed by atoms with Gasteiger partial charge >= 0.3 is 11.9 Å². The molecular weight excluding hydrogens is 514 g/mol. The maximum absolute atomic E-state index is 13.1. The molecular formula is C27H32ClN3O7. The second-order valence-corrected chi connectivity index (χ2v) is 10.0. The van der Waals surface area contributed by atoms with Crippen LogP contribution in [-0.2, 0) is 27.5 Å².